The van der Waals surface area contributed by atoms with Gasteiger partial charge in [0.25, 0.3) is 0 Å². The van der Waals surface area contributed by atoms with Gasteiger partial charge in [-0.05, 0) is 6.07 Å². The molecule has 0 fully saturated rings. The standard InChI is InChI=1S/C17H14ClFN2O/c18-13-8-4-7-12(16(13)19)15-14(9-10-22)20-21-17(15)11-5-2-1-3-6-11/h1-8,22H,9-10H2,(H,20,21). The van der Waals surface area contributed by atoms with Gasteiger partial charge in [-0.25, -0.2) is 4.39 Å². The fourth-order valence-corrected chi connectivity index (χ4v) is 2.64. The van der Waals surface area contributed by atoms with E-state index in [-0.39, 0.29) is 11.6 Å². The topological polar surface area (TPSA) is 48.9 Å². The van der Waals surface area contributed by atoms with Crippen molar-refractivity contribution < 1.29 is 9.50 Å². The molecule has 0 aliphatic rings. The van der Waals surface area contributed by atoms with Crippen molar-refractivity contribution in [3.05, 3.63) is 65.1 Å². The Morgan fingerprint density at radius 3 is 2.59 bits per heavy atom. The summed E-state index contributed by atoms with van der Waals surface area (Å²) in [6.07, 6.45) is 0.362. The van der Waals surface area contributed by atoms with Crippen LogP contribution in [0.1, 0.15) is 5.69 Å². The van der Waals surface area contributed by atoms with E-state index in [9.17, 15) is 9.50 Å². The van der Waals surface area contributed by atoms with Gasteiger partial charge in [0.2, 0.25) is 0 Å². The van der Waals surface area contributed by atoms with Crippen LogP contribution >= 0.6 is 11.6 Å². The normalized spacial score (nSPS) is 10.9. The molecule has 1 heterocycles. The summed E-state index contributed by atoms with van der Waals surface area (Å²) in [5.74, 6) is -0.484. The van der Waals surface area contributed by atoms with Crippen LogP contribution in [0.5, 0.6) is 0 Å². The van der Waals surface area contributed by atoms with Gasteiger partial charge in [0.1, 0.15) is 11.5 Å². The van der Waals surface area contributed by atoms with Crippen molar-refractivity contribution in [3.8, 4) is 22.4 Å². The Labute approximate surface area is 132 Å². The van der Waals surface area contributed by atoms with Gasteiger partial charge in [-0.3, -0.25) is 5.10 Å². The molecule has 3 rings (SSSR count). The lowest BCUT2D eigenvalue weighted by Gasteiger charge is -2.08. The van der Waals surface area contributed by atoms with Crippen LogP contribution in [0.15, 0.2) is 48.5 Å². The average molecular weight is 317 g/mol. The summed E-state index contributed by atoms with van der Waals surface area (Å²) in [7, 11) is 0. The zero-order chi connectivity index (χ0) is 15.5. The van der Waals surface area contributed by atoms with Gasteiger partial charge in [0.05, 0.1) is 5.02 Å². The van der Waals surface area contributed by atoms with Crippen LogP contribution in [0.3, 0.4) is 0 Å². The lowest BCUT2D eigenvalue weighted by atomic mass is 9.97. The lowest BCUT2D eigenvalue weighted by Crippen LogP contribution is -1.95. The van der Waals surface area contributed by atoms with Crippen molar-refractivity contribution in [2.24, 2.45) is 0 Å². The Bertz CT molecular complexity index is 787. The zero-order valence-corrected chi connectivity index (χ0v) is 12.4. The predicted molar refractivity (Wildman–Crippen MR) is 85.2 cm³/mol. The van der Waals surface area contributed by atoms with Crippen LogP contribution in [0, 0.1) is 5.82 Å². The van der Waals surface area contributed by atoms with E-state index in [1.165, 1.54) is 6.07 Å². The number of aliphatic hydroxyl groups is 1. The number of aromatic amines is 1. The Morgan fingerprint density at radius 2 is 1.86 bits per heavy atom. The van der Waals surface area contributed by atoms with E-state index in [1.54, 1.807) is 12.1 Å². The van der Waals surface area contributed by atoms with Crippen LogP contribution in [-0.2, 0) is 6.42 Å². The molecule has 3 nitrogen and oxygen atoms in total. The molecule has 0 aliphatic carbocycles. The number of nitrogens with zero attached hydrogens (tertiary/aromatic N) is 1. The van der Waals surface area contributed by atoms with Crippen molar-refractivity contribution in [1.29, 1.82) is 0 Å². The molecule has 0 aliphatic heterocycles. The molecule has 0 radical (unpaired) electrons. The third kappa shape index (κ3) is 2.63. The van der Waals surface area contributed by atoms with E-state index in [0.717, 1.165) is 5.56 Å². The summed E-state index contributed by atoms with van der Waals surface area (Å²) in [4.78, 5) is 0. The van der Waals surface area contributed by atoms with Gasteiger partial charge in [-0.2, -0.15) is 5.10 Å². The van der Waals surface area contributed by atoms with Crippen molar-refractivity contribution >= 4 is 11.6 Å². The average Bonchev–Trinajstić information content (AvgIpc) is 2.95. The van der Waals surface area contributed by atoms with Crippen LogP contribution in [0.4, 0.5) is 4.39 Å². The number of hydrogen-bond acceptors (Lipinski definition) is 2. The van der Waals surface area contributed by atoms with Gasteiger partial charge in [0, 0.05) is 35.4 Å². The first kappa shape index (κ1) is 14.8. The Hall–Kier alpha value is -2.17. The highest BCUT2D eigenvalue weighted by Crippen LogP contribution is 2.36. The van der Waals surface area contributed by atoms with Crippen LogP contribution < -0.4 is 0 Å². The molecule has 2 aromatic carbocycles. The molecule has 2 N–H and O–H groups in total. The molecule has 5 heteroatoms. The first-order valence-corrected chi connectivity index (χ1v) is 7.28. The number of halogens is 2. The fraction of sp³-hybridized carbons (Fsp3) is 0.118. The summed E-state index contributed by atoms with van der Waals surface area (Å²) < 4.78 is 14.4. The highest BCUT2D eigenvalue weighted by molar-refractivity contribution is 6.31. The monoisotopic (exact) mass is 316 g/mol. The van der Waals surface area contributed by atoms with Crippen LogP contribution in [0.2, 0.25) is 5.02 Å². The van der Waals surface area contributed by atoms with Gasteiger partial charge in [-0.1, -0.05) is 54.1 Å². The number of benzene rings is 2. The quantitative estimate of drug-likeness (QED) is 0.762. The Balaban J connectivity index is 2.24. The van der Waals surface area contributed by atoms with E-state index < -0.39 is 5.82 Å². The largest absolute Gasteiger partial charge is 0.396 e. The molecule has 112 valence electrons. The molecule has 0 bridgehead atoms. The van der Waals surface area contributed by atoms with E-state index in [4.69, 9.17) is 11.6 Å². The number of aromatic nitrogens is 2. The fourth-order valence-electron chi connectivity index (χ4n) is 2.46. The highest BCUT2D eigenvalue weighted by Gasteiger charge is 2.20. The maximum atomic E-state index is 14.4. The predicted octanol–water partition coefficient (Wildman–Crippen LogP) is 4.07. The number of nitrogens with one attached hydrogen (secondary N) is 1. The first-order valence-electron chi connectivity index (χ1n) is 6.90. The van der Waals surface area contributed by atoms with E-state index in [2.05, 4.69) is 10.2 Å². The maximum Gasteiger partial charge on any atom is 0.149 e. The second kappa shape index (κ2) is 6.30. The molecule has 1 aromatic heterocycles. The van der Waals surface area contributed by atoms with E-state index in [1.807, 2.05) is 30.3 Å². The minimum atomic E-state index is -0.484. The van der Waals surface area contributed by atoms with Crippen molar-refractivity contribution in [2.45, 2.75) is 6.42 Å². The minimum absolute atomic E-state index is 0.0500. The zero-order valence-electron chi connectivity index (χ0n) is 11.7. The summed E-state index contributed by atoms with van der Waals surface area (Å²) in [6.45, 7) is -0.0500. The molecular weight excluding hydrogens is 303 g/mol. The summed E-state index contributed by atoms with van der Waals surface area (Å²) in [5.41, 5.74) is 3.22. The number of aliphatic hydroxyl groups excluding tert-OH is 1. The first-order chi connectivity index (χ1) is 10.7. The SMILES string of the molecule is OCCc1[nH]nc(-c2ccccc2)c1-c1cccc(Cl)c1F. The molecule has 0 saturated carbocycles. The summed E-state index contributed by atoms with van der Waals surface area (Å²) in [5, 5.41) is 16.5. The Morgan fingerprint density at radius 1 is 1.09 bits per heavy atom. The second-order valence-corrected chi connectivity index (χ2v) is 5.27. The molecule has 0 spiro atoms. The van der Waals surface area contributed by atoms with E-state index in [0.29, 0.717) is 28.9 Å². The third-order valence-corrected chi connectivity index (χ3v) is 3.76. The molecule has 0 atom stereocenters. The lowest BCUT2D eigenvalue weighted by molar-refractivity contribution is 0.298. The number of H-pyrrole nitrogens is 1. The Kier molecular flexibility index (Phi) is 4.22. The molecule has 0 unspecified atom stereocenters. The van der Waals surface area contributed by atoms with Gasteiger partial charge in [-0.15, -0.1) is 0 Å². The van der Waals surface area contributed by atoms with Crippen molar-refractivity contribution in [2.75, 3.05) is 6.61 Å². The third-order valence-electron chi connectivity index (χ3n) is 3.47. The van der Waals surface area contributed by atoms with Crippen molar-refractivity contribution in [3.63, 3.8) is 0 Å². The van der Waals surface area contributed by atoms with Crippen LogP contribution in [-0.4, -0.2) is 21.9 Å². The molecule has 22 heavy (non-hydrogen) atoms. The number of hydrogen-bond donors (Lipinski definition) is 2. The smallest absolute Gasteiger partial charge is 0.149 e. The molecule has 3 aromatic rings. The number of rotatable bonds is 4. The maximum absolute atomic E-state index is 14.4. The van der Waals surface area contributed by atoms with Crippen molar-refractivity contribution in [1.82, 2.24) is 10.2 Å². The second-order valence-electron chi connectivity index (χ2n) is 4.87. The van der Waals surface area contributed by atoms with Crippen LogP contribution in [0.25, 0.3) is 22.4 Å². The van der Waals surface area contributed by atoms with Gasteiger partial charge >= 0.3 is 0 Å². The summed E-state index contributed by atoms with van der Waals surface area (Å²) in [6, 6.07) is 14.4. The van der Waals surface area contributed by atoms with Gasteiger partial charge < -0.3 is 5.11 Å². The highest BCUT2D eigenvalue weighted by atomic mass is 35.5. The summed E-state index contributed by atoms with van der Waals surface area (Å²) >= 11 is 5.90. The molecule has 0 amide bonds. The molecular formula is C17H14ClFN2O. The van der Waals surface area contributed by atoms with Gasteiger partial charge in [0.15, 0.2) is 0 Å². The minimum Gasteiger partial charge on any atom is -0.396 e. The van der Waals surface area contributed by atoms with E-state index >= 15 is 0 Å². The molecule has 0 saturated heterocycles.